The van der Waals surface area contributed by atoms with Crippen molar-refractivity contribution >= 4 is 35.4 Å². The number of allylic oxidation sites excluding steroid dienone is 2. The van der Waals surface area contributed by atoms with E-state index in [1.54, 1.807) is 0 Å². The Morgan fingerprint density at radius 2 is 2.00 bits per heavy atom. The molecular weight excluding hydrogens is 395 g/mol. The summed E-state index contributed by atoms with van der Waals surface area (Å²) in [5.41, 5.74) is 3.65. The highest BCUT2D eigenvalue weighted by atomic mass is 35.5. The van der Waals surface area contributed by atoms with E-state index in [2.05, 4.69) is 29.6 Å². The Labute approximate surface area is 175 Å². The lowest BCUT2D eigenvalue weighted by Crippen LogP contribution is -2.45. The molecule has 4 rings (SSSR count). The summed E-state index contributed by atoms with van der Waals surface area (Å²) < 4.78 is 5.17. The summed E-state index contributed by atoms with van der Waals surface area (Å²) in [5, 5.41) is 4.88. The first-order valence-electron chi connectivity index (χ1n) is 9.80. The molecule has 1 aromatic carbocycles. The Bertz CT molecular complexity index is 854. The van der Waals surface area contributed by atoms with Crippen LogP contribution in [-0.4, -0.2) is 36.7 Å². The second kappa shape index (κ2) is 8.22. The number of carbonyl (C=O) groups excluding carboxylic acids is 1. The van der Waals surface area contributed by atoms with E-state index in [0.29, 0.717) is 30.8 Å². The molecule has 1 fully saturated rings. The van der Waals surface area contributed by atoms with Crippen LogP contribution in [0.15, 0.2) is 47.2 Å². The molecule has 3 aliphatic rings. The molecule has 2 aliphatic heterocycles. The van der Waals surface area contributed by atoms with E-state index in [9.17, 15) is 4.79 Å². The highest BCUT2D eigenvalue weighted by Gasteiger charge is 2.38. The van der Waals surface area contributed by atoms with Crippen LogP contribution >= 0.6 is 23.2 Å². The van der Waals surface area contributed by atoms with Gasteiger partial charge in [0.1, 0.15) is 5.16 Å². The lowest BCUT2D eigenvalue weighted by molar-refractivity contribution is 0.0876. The summed E-state index contributed by atoms with van der Waals surface area (Å²) in [4.78, 5) is 13.9. The minimum absolute atomic E-state index is 0.107. The van der Waals surface area contributed by atoms with Gasteiger partial charge in [0, 0.05) is 24.0 Å². The molecule has 1 amide bonds. The Morgan fingerprint density at radius 3 is 2.75 bits per heavy atom. The maximum absolute atomic E-state index is 12.1. The van der Waals surface area contributed by atoms with E-state index in [4.69, 9.17) is 27.9 Å². The lowest BCUT2D eigenvalue weighted by Gasteiger charge is -2.40. The molecule has 0 saturated carbocycles. The maximum Gasteiger partial charge on any atom is 0.409 e. The van der Waals surface area contributed by atoms with Crippen LogP contribution in [0.1, 0.15) is 36.8 Å². The fourth-order valence-electron chi connectivity index (χ4n) is 4.55. The van der Waals surface area contributed by atoms with Crippen LogP contribution in [0.4, 0.5) is 4.79 Å². The van der Waals surface area contributed by atoms with Crippen molar-refractivity contribution in [2.75, 3.05) is 19.7 Å². The van der Waals surface area contributed by atoms with Gasteiger partial charge in [-0.2, -0.15) is 0 Å². The number of halogens is 2. The van der Waals surface area contributed by atoms with Crippen molar-refractivity contribution in [1.82, 2.24) is 10.2 Å². The molecule has 1 saturated heterocycles. The van der Waals surface area contributed by atoms with E-state index < -0.39 is 0 Å². The van der Waals surface area contributed by atoms with E-state index in [1.807, 2.05) is 30.0 Å². The Hall–Kier alpha value is -1.91. The third-order valence-electron chi connectivity index (χ3n) is 5.87. The number of nitrogens with one attached hydrogen (secondary N) is 1. The highest BCUT2D eigenvalue weighted by molar-refractivity contribution is 6.30. The molecule has 148 valence electrons. The van der Waals surface area contributed by atoms with Gasteiger partial charge in [0.05, 0.1) is 12.6 Å². The van der Waals surface area contributed by atoms with Gasteiger partial charge < -0.3 is 15.0 Å². The summed E-state index contributed by atoms with van der Waals surface area (Å²) in [7, 11) is 0. The quantitative estimate of drug-likeness (QED) is 0.662. The number of rotatable bonds is 2. The zero-order valence-electron chi connectivity index (χ0n) is 15.8. The molecule has 0 spiro atoms. The number of dihydropyridines is 1. The molecule has 0 bridgehead atoms. The van der Waals surface area contributed by atoms with Crippen LogP contribution < -0.4 is 5.32 Å². The third kappa shape index (κ3) is 3.81. The molecule has 0 radical (unpaired) electrons. The van der Waals surface area contributed by atoms with Crippen molar-refractivity contribution in [1.29, 1.82) is 0 Å². The number of hydrogen-bond acceptors (Lipinski definition) is 3. The maximum atomic E-state index is 12.1. The van der Waals surface area contributed by atoms with Gasteiger partial charge in [0.2, 0.25) is 0 Å². The fraction of sp³-hybridized carbons (Fsp3) is 0.409. The normalized spacial score (nSPS) is 24.3. The second-order valence-electron chi connectivity index (χ2n) is 7.46. The van der Waals surface area contributed by atoms with Gasteiger partial charge in [-0.1, -0.05) is 47.5 Å². The summed E-state index contributed by atoms with van der Waals surface area (Å²) in [6, 6.07) is 6.24. The molecule has 28 heavy (non-hydrogen) atoms. The number of nitrogens with zero attached hydrogens (tertiary/aromatic N) is 1. The van der Waals surface area contributed by atoms with Gasteiger partial charge >= 0.3 is 6.09 Å². The largest absolute Gasteiger partial charge is 0.450 e. The summed E-state index contributed by atoms with van der Waals surface area (Å²) in [6.07, 6.45) is 9.94. The van der Waals surface area contributed by atoms with Crippen LogP contribution in [0.3, 0.4) is 0 Å². The van der Waals surface area contributed by atoms with Crippen molar-refractivity contribution in [3.8, 4) is 0 Å². The lowest BCUT2D eigenvalue weighted by atomic mass is 9.73. The predicted molar refractivity (Wildman–Crippen MR) is 113 cm³/mol. The number of carbonyl (C=O) groups is 1. The monoisotopic (exact) mass is 418 g/mol. The number of ether oxygens (including phenoxy) is 1. The Morgan fingerprint density at radius 1 is 1.21 bits per heavy atom. The van der Waals surface area contributed by atoms with E-state index >= 15 is 0 Å². The molecule has 1 aliphatic carbocycles. The predicted octanol–water partition coefficient (Wildman–Crippen LogP) is 5.30. The van der Waals surface area contributed by atoms with Gasteiger partial charge in [-0.3, -0.25) is 0 Å². The van der Waals surface area contributed by atoms with E-state index in [1.165, 1.54) is 11.1 Å². The van der Waals surface area contributed by atoms with E-state index in [0.717, 1.165) is 23.4 Å². The first-order chi connectivity index (χ1) is 13.6. The van der Waals surface area contributed by atoms with Crippen molar-refractivity contribution < 1.29 is 9.53 Å². The second-order valence-corrected chi connectivity index (χ2v) is 8.30. The van der Waals surface area contributed by atoms with Gasteiger partial charge in [0.15, 0.2) is 0 Å². The third-order valence-corrected chi connectivity index (χ3v) is 6.34. The van der Waals surface area contributed by atoms with Gasteiger partial charge in [-0.25, -0.2) is 4.79 Å². The SMILES string of the molecule is CCOC(=O)N1CCC(C2c3ccc(Cl)cc3C=CC3=CC=C(Cl)NC32)CC1. The average Bonchev–Trinajstić information content (AvgIpc) is 2.84. The van der Waals surface area contributed by atoms with Crippen LogP contribution in [0.5, 0.6) is 0 Å². The zero-order chi connectivity index (χ0) is 19.7. The first-order valence-corrected chi connectivity index (χ1v) is 10.6. The molecule has 4 nitrogen and oxygen atoms in total. The van der Waals surface area contributed by atoms with Crippen LogP contribution in [0.2, 0.25) is 5.02 Å². The standard InChI is InChI=1S/C22H24Cl2N2O2/c1-2-28-22(27)26-11-9-14(10-12-26)20-18-7-6-17(23)13-16(18)4-3-15-5-8-19(24)25-21(15)20/h3-8,13-14,20-21,25H,2,9-12H2,1H3. The van der Waals surface area contributed by atoms with Crippen molar-refractivity contribution in [2.45, 2.75) is 31.7 Å². The molecule has 6 heteroatoms. The number of benzene rings is 1. The molecule has 1 N–H and O–H groups in total. The van der Waals surface area contributed by atoms with Crippen LogP contribution in [0, 0.1) is 5.92 Å². The van der Waals surface area contributed by atoms with Gasteiger partial charge in [0.25, 0.3) is 0 Å². The molecular formula is C22H24Cl2N2O2. The summed E-state index contributed by atoms with van der Waals surface area (Å²) >= 11 is 12.6. The number of amides is 1. The number of hydrogen-bond donors (Lipinski definition) is 1. The molecule has 0 aromatic heterocycles. The zero-order valence-corrected chi connectivity index (χ0v) is 17.3. The number of fused-ring (bicyclic) bond motifs is 2. The summed E-state index contributed by atoms with van der Waals surface area (Å²) in [5.74, 6) is 0.675. The molecule has 2 heterocycles. The molecule has 1 aromatic rings. The van der Waals surface area contributed by atoms with Crippen molar-refractivity contribution in [2.24, 2.45) is 5.92 Å². The van der Waals surface area contributed by atoms with Crippen LogP contribution in [-0.2, 0) is 4.74 Å². The highest BCUT2D eigenvalue weighted by Crippen LogP contribution is 2.43. The summed E-state index contributed by atoms with van der Waals surface area (Å²) in [6.45, 7) is 3.68. The number of likely N-dealkylation sites (tertiary alicyclic amines) is 1. The minimum Gasteiger partial charge on any atom is -0.450 e. The first kappa shape index (κ1) is 19.4. The van der Waals surface area contributed by atoms with Crippen molar-refractivity contribution in [3.05, 3.63) is 63.3 Å². The van der Waals surface area contributed by atoms with E-state index in [-0.39, 0.29) is 18.1 Å². The van der Waals surface area contributed by atoms with Crippen molar-refractivity contribution in [3.63, 3.8) is 0 Å². The average molecular weight is 419 g/mol. The topological polar surface area (TPSA) is 41.6 Å². The molecule has 2 unspecified atom stereocenters. The minimum atomic E-state index is -0.210. The Kier molecular flexibility index (Phi) is 5.70. The Balaban J connectivity index is 1.64. The number of piperidine rings is 1. The van der Waals surface area contributed by atoms with Gasteiger partial charge in [-0.05, 0) is 60.6 Å². The molecule has 2 atom stereocenters. The van der Waals surface area contributed by atoms with Crippen LogP contribution in [0.25, 0.3) is 6.08 Å². The fourth-order valence-corrected chi connectivity index (χ4v) is 4.91. The smallest absolute Gasteiger partial charge is 0.409 e. The van der Waals surface area contributed by atoms with Gasteiger partial charge in [-0.15, -0.1) is 0 Å².